The Bertz CT molecular complexity index is 403. The lowest BCUT2D eigenvalue weighted by molar-refractivity contribution is 0.0703. The second-order valence-corrected chi connectivity index (χ2v) is 3.96. The van der Waals surface area contributed by atoms with Gasteiger partial charge in [0.2, 0.25) is 0 Å². The molecule has 1 aromatic heterocycles. The van der Waals surface area contributed by atoms with Gasteiger partial charge in [0.25, 0.3) is 5.91 Å². The molecule has 0 saturated carbocycles. The van der Waals surface area contributed by atoms with E-state index in [0.29, 0.717) is 18.1 Å². The first kappa shape index (κ1) is 12.4. The van der Waals surface area contributed by atoms with Crippen LogP contribution in [0.4, 0.5) is 5.69 Å². The van der Waals surface area contributed by atoms with E-state index in [1.54, 1.807) is 0 Å². The molecular formula is C9H13N3O3S. The molecule has 4 N–H and O–H groups in total. The van der Waals surface area contributed by atoms with Crippen LogP contribution in [0.15, 0.2) is 0 Å². The molecule has 88 valence electrons. The summed E-state index contributed by atoms with van der Waals surface area (Å²) in [7, 11) is 0. The van der Waals surface area contributed by atoms with E-state index in [1.807, 2.05) is 6.92 Å². The van der Waals surface area contributed by atoms with Crippen molar-refractivity contribution < 1.29 is 14.7 Å². The molecule has 1 aromatic rings. The number of amides is 1. The minimum atomic E-state index is -1.16. The number of aromatic nitrogens is 1. The summed E-state index contributed by atoms with van der Waals surface area (Å²) >= 11 is 0.716. The van der Waals surface area contributed by atoms with Crippen LogP contribution in [0.3, 0.4) is 0 Å². The molecule has 0 aliphatic heterocycles. The molecule has 1 rings (SSSR count). The topological polar surface area (TPSA) is 105 Å². The minimum Gasteiger partial charge on any atom is -0.477 e. The van der Waals surface area contributed by atoms with Crippen molar-refractivity contribution >= 4 is 29.1 Å². The van der Waals surface area contributed by atoms with E-state index in [-0.39, 0.29) is 16.3 Å². The van der Waals surface area contributed by atoms with Gasteiger partial charge in [-0.1, -0.05) is 13.3 Å². The molecule has 0 radical (unpaired) electrons. The van der Waals surface area contributed by atoms with Crippen LogP contribution in [0, 0.1) is 0 Å². The Kier molecular flexibility index (Phi) is 4.24. The number of hydrogen-bond donors (Lipinski definition) is 3. The first-order valence-electron chi connectivity index (χ1n) is 4.84. The molecule has 0 fully saturated rings. The molecule has 1 heterocycles. The molecule has 1 amide bonds. The SMILES string of the molecule is CCCCNC(=O)c1nsc(C(=O)O)c1N. The van der Waals surface area contributed by atoms with Crippen molar-refractivity contribution in [3.05, 3.63) is 10.6 Å². The predicted molar refractivity (Wildman–Crippen MR) is 60.7 cm³/mol. The summed E-state index contributed by atoms with van der Waals surface area (Å²) in [6.07, 6.45) is 1.83. The minimum absolute atomic E-state index is 0.00139. The average Bonchev–Trinajstić information content (AvgIpc) is 2.60. The van der Waals surface area contributed by atoms with Crippen molar-refractivity contribution in [2.45, 2.75) is 19.8 Å². The fourth-order valence-electron chi connectivity index (χ4n) is 1.08. The van der Waals surface area contributed by atoms with Crippen LogP contribution in [-0.2, 0) is 0 Å². The number of carboxylic acids is 1. The van der Waals surface area contributed by atoms with Gasteiger partial charge in [-0.05, 0) is 18.0 Å². The van der Waals surface area contributed by atoms with Crippen molar-refractivity contribution in [3.8, 4) is 0 Å². The van der Waals surface area contributed by atoms with Crippen LogP contribution in [0.5, 0.6) is 0 Å². The van der Waals surface area contributed by atoms with Crippen LogP contribution >= 0.6 is 11.5 Å². The number of anilines is 1. The maximum absolute atomic E-state index is 11.5. The number of nitrogen functional groups attached to an aromatic ring is 1. The Morgan fingerprint density at radius 1 is 1.56 bits per heavy atom. The summed E-state index contributed by atoms with van der Waals surface area (Å²) in [5.41, 5.74) is 5.45. The number of carbonyl (C=O) groups excluding carboxylic acids is 1. The van der Waals surface area contributed by atoms with Crippen LogP contribution in [-0.4, -0.2) is 27.9 Å². The van der Waals surface area contributed by atoms with E-state index in [4.69, 9.17) is 10.8 Å². The molecule has 0 aliphatic rings. The number of hydrogen-bond acceptors (Lipinski definition) is 5. The van der Waals surface area contributed by atoms with Crippen molar-refractivity contribution in [1.82, 2.24) is 9.69 Å². The van der Waals surface area contributed by atoms with Crippen molar-refractivity contribution in [2.75, 3.05) is 12.3 Å². The lowest BCUT2D eigenvalue weighted by Gasteiger charge is -2.01. The van der Waals surface area contributed by atoms with Crippen LogP contribution < -0.4 is 11.1 Å². The Hall–Kier alpha value is -1.63. The third-order valence-electron chi connectivity index (χ3n) is 1.95. The summed E-state index contributed by atoms with van der Waals surface area (Å²) in [5.74, 6) is -1.59. The van der Waals surface area contributed by atoms with E-state index in [2.05, 4.69) is 9.69 Å². The van der Waals surface area contributed by atoms with Crippen LogP contribution in [0.2, 0.25) is 0 Å². The Morgan fingerprint density at radius 2 is 2.25 bits per heavy atom. The van der Waals surface area contributed by atoms with Crippen molar-refractivity contribution in [3.63, 3.8) is 0 Å². The van der Waals surface area contributed by atoms with Gasteiger partial charge in [-0.15, -0.1) is 0 Å². The molecule has 16 heavy (non-hydrogen) atoms. The van der Waals surface area contributed by atoms with Gasteiger partial charge in [0.1, 0.15) is 0 Å². The maximum atomic E-state index is 11.5. The average molecular weight is 243 g/mol. The first-order chi connectivity index (χ1) is 7.57. The van der Waals surface area contributed by atoms with E-state index < -0.39 is 11.9 Å². The smallest absolute Gasteiger partial charge is 0.349 e. The summed E-state index contributed by atoms with van der Waals surface area (Å²) in [4.78, 5) is 22.1. The fourth-order valence-corrected chi connectivity index (χ4v) is 1.71. The molecular weight excluding hydrogens is 230 g/mol. The standard InChI is InChI=1S/C9H13N3O3S/c1-2-3-4-11-8(13)6-5(10)7(9(14)15)16-12-6/h2-4,10H2,1H3,(H,11,13)(H,14,15). The molecule has 0 spiro atoms. The highest BCUT2D eigenvalue weighted by atomic mass is 32.1. The maximum Gasteiger partial charge on any atom is 0.349 e. The Morgan fingerprint density at radius 3 is 2.75 bits per heavy atom. The van der Waals surface area contributed by atoms with E-state index in [1.165, 1.54) is 0 Å². The second kappa shape index (κ2) is 5.45. The van der Waals surface area contributed by atoms with Gasteiger partial charge >= 0.3 is 5.97 Å². The normalized spacial score (nSPS) is 10.1. The lowest BCUT2D eigenvalue weighted by atomic mass is 10.3. The number of carboxylic acid groups (broad SMARTS) is 1. The van der Waals surface area contributed by atoms with Gasteiger partial charge in [-0.25, -0.2) is 4.79 Å². The molecule has 0 atom stereocenters. The fraction of sp³-hybridized carbons (Fsp3) is 0.444. The molecule has 6 nitrogen and oxygen atoms in total. The van der Waals surface area contributed by atoms with E-state index in [0.717, 1.165) is 12.8 Å². The number of carbonyl (C=O) groups is 2. The number of nitrogens with one attached hydrogen (secondary N) is 1. The quantitative estimate of drug-likeness (QED) is 0.668. The van der Waals surface area contributed by atoms with Gasteiger partial charge in [-0.3, -0.25) is 4.79 Å². The lowest BCUT2D eigenvalue weighted by Crippen LogP contribution is -2.25. The van der Waals surface area contributed by atoms with Crippen LogP contribution in [0.1, 0.15) is 39.9 Å². The van der Waals surface area contributed by atoms with Gasteiger partial charge in [0.15, 0.2) is 10.6 Å². The summed E-state index contributed by atoms with van der Waals surface area (Å²) in [6.45, 7) is 2.54. The Labute approximate surface area is 96.6 Å². The number of nitrogens with two attached hydrogens (primary N) is 1. The summed E-state index contributed by atoms with van der Waals surface area (Å²) < 4.78 is 3.74. The number of unbranched alkanes of at least 4 members (excludes halogenated alkanes) is 1. The third kappa shape index (κ3) is 2.69. The zero-order valence-electron chi connectivity index (χ0n) is 8.82. The van der Waals surface area contributed by atoms with Gasteiger partial charge in [0, 0.05) is 6.54 Å². The highest BCUT2D eigenvalue weighted by molar-refractivity contribution is 7.08. The van der Waals surface area contributed by atoms with Gasteiger partial charge < -0.3 is 16.2 Å². The summed E-state index contributed by atoms with van der Waals surface area (Å²) in [5, 5.41) is 11.4. The molecule has 0 bridgehead atoms. The highest BCUT2D eigenvalue weighted by Gasteiger charge is 2.20. The largest absolute Gasteiger partial charge is 0.477 e. The van der Waals surface area contributed by atoms with E-state index >= 15 is 0 Å². The Balaban J connectivity index is 2.73. The van der Waals surface area contributed by atoms with Crippen molar-refractivity contribution in [2.24, 2.45) is 0 Å². The zero-order valence-corrected chi connectivity index (χ0v) is 9.63. The molecule has 7 heteroatoms. The molecule has 0 aliphatic carbocycles. The molecule has 0 saturated heterocycles. The third-order valence-corrected chi connectivity index (χ3v) is 2.80. The van der Waals surface area contributed by atoms with Crippen LogP contribution in [0.25, 0.3) is 0 Å². The molecule has 0 aromatic carbocycles. The number of rotatable bonds is 5. The molecule has 0 unspecified atom stereocenters. The first-order valence-corrected chi connectivity index (χ1v) is 5.61. The zero-order chi connectivity index (χ0) is 12.1. The number of aromatic carboxylic acids is 1. The second-order valence-electron chi connectivity index (χ2n) is 3.19. The summed E-state index contributed by atoms with van der Waals surface area (Å²) in [6, 6.07) is 0. The predicted octanol–water partition coefficient (Wildman–Crippen LogP) is 0.953. The van der Waals surface area contributed by atoms with Gasteiger partial charge in [0.05, 0.1) is 5.69 Å². The number of nitrogens with zero attached hydrogens (tertiary/aromatic N) is 1. The van der Waals surface area contributed by atoms with Crippen molar-refractivity contribution in [1.29, 1.82) is 0 Å². The van der Waals surface area contributed by atoms with E-state index in [9.17, 15) is 9.59 Å². The highest BCUT2D eigenvalue weighted by Crippen LogP contribution is 2.21. The monoisotopic (exact) mass is 243 g/mol. The van der Waals surface area contributed by atoms with Gasteiger partial charge in [-0.2, -0.15) is 4.37 Å².